The van der Waals surface area contributed by atoms with Crippen LogP contribution in [0.25, 0.3) is 0 Å². The van der Waals surface area contributed by atoms with Gasteiger partial charge in [0.05, 0.1) is 6.54 Å². The van der Waals surface area contributed by atoms with E-state index in [0.717, 1.165) is 45.6 Å². The van der Waals surface area contributed by atoms with Crippen LogP contribution in [0.4, 0.5) is 13.2 Å². The van der Waals surface area contributed by atoms with Gasteiger partial charge in [0.2, 0.25) is 5.91 Å². The van der Waals surface area contributed by atoms with Crippen molar-refractivity contribution in [3.8, 4) is 0 Å². The first-order chi connectivity index (χ1) is 13.7. The van der Waals surface area contributed by atoms with Crippen LogP contribution in [0.3, 0.4) is 0 Å². The number of nitrogens with one attached hydrogen (secondary N) is 1. The molecule has 3 unspecified atom stereocenters. The number of allylic oxidation sites excluding steroid dienone is 3. The molecule has 8 heteroatoms. The third-order valence-corrected chi connectivity index (χ3v) is 6.78. The summed E-state index contributed by atoms with van der Waals surface area (Å²) in [5, 5.41) is 3.46. The maximum Gasteiger partial charge on any atom is 0.572 e. The highest BCUT2D eigenvalue weighted by Gasteiger charge is 2.55. The quantitative estimate of drug-likeness (QED) is 0.697. The molecule has 2 heterocycles. The number of hydrogen-bond acceptors (Lipinski definition) is 4. The minimum Gasteiger partial charge on any atom is -0.410 e. The van der Waals surface area contributed by atoms with Crippen LogP contribution in [0.1, 0.15) is 26.2 Å². The summed E-state index contributed by atoms with van der Waals surface area (Å²) in [5.41, 5.74) is -0.381. The van der Waals surface area contributed by atoms with Crippen LogP contribution in [0.15, 0.2) is 24.0 Å². The Morgan fingerprint density at radius 1 is 1.28 bits per heavy atom. The maximum absolute atomic E-state index is 12.5. The van der Waals surface area contributed by atoms with E-state index >= 15 is 0 Å². The van der Waals surface area contributed by atoms with E-state index in [1.54, 1.807) is 6.08 Å². The molecule has 2 aliphatic carbocycles. The Kier molecular flexibility index (Phi) is 5.68. The standard InChI is InChI=1S/C21H30F3N3O2/c1-20(6-4-5-15(9-20)29-21(22,23)24)14-25-10-16-17-11-26(12-18(16)17)13-19(28)27-7-2-3-8-27/h4-6,16-18,25H,2-3,7-14H2,1H3. The largest absolute Gasteiger partial charge is 0.572 e. The fourth-order valence-corrected chi connectivity index (χ4v) is 5.19. The van der Waals surface area contributed by atoms with Gasteiger partial charge in [0.15, 0.2) is 0 Å². The Labute approximate surface area is 169 Å². The van der Waals surface area contributed by atoms with E-state index < -0.39 is 6.36 Å². The number of piperidine rings is 1. The number of halogens is 3. The lowest BCUT2D eigenvalue weighted by Gasteiger charge is -2.30. The number of carbonyl (C=O) groups excluding carboxylic acids is 1. The summed E-state index contributed by atoms with van der Waals surface area (Å²) in [4.78, 5) is 16.5. The van der Waals surface area contributed by atoms with Gasteiger partial charge in [-0.3, -0.25) is 9.69 Å². The number of carbonyl (C=O) groups is 1. The molecule has 4 rings (SSSR count). The van der Waals surface area contributed by atoms with Crippen LogP contribution in [0.2, 0.25) is 0 Å². The molecule has 1 amide bonds. The molecule has 0 aromatic heterocycles. The van der Waals surface area contributed by atoms with Crippen molar-refractivity contribution in [3.63, 3.8) is 0 Å². The highest BCUT2D eigenvalue weighted by atomic mass is 19.4. The number of likely N-dealkylation sites (tertiary alicyclic amines) is 2. The molecule has 0 aromatic carbocycles. The van der Waals surface area contributed by atoms with Crippen molar-refractivity contribution in [2.24, 2.45) is 23.2 Å². The van der Waals surface area contributed by atoms with Crippen LogP contribution >= 0.6 is 0 Å². The van der Waals surface area contributed by atoms with Crippen molar-refractivity contribution in [3.05, 3.63) is 24.0 Å². The predicted octanol–water partition coefficient (Wildman–Crippen LogP) is 2.76. The summed E-state index contributed by atoms with van der Waals surface area (Å²) >= 11 is 0. The summed E-state index contributed by atoms with van der Waals surface area (Å²) in [7, 11) is 0. The number of ether oxygens (including phenoxy) is 1. The molecule has 3 fully saturated rings. The van der Waals surface area contributed by atoms with E-state index in [1.165, 1.54) is 6.08 Å². The minimum absolute atomic E-state index is 0.0362. The third-order valence-electron chi connectivity index (χ3n) is 6.78. The van der Waals surface area contributed by atoms with Crippen LogP contribution in [0.5, 0.6) is 0 Å². The van der Waals surface area contributed by atoms with Gasteiger partial charge in [-0.25, -0.2) is 0 Å². The molecule has 2 saturated heterocycles. The summed E-state index contributed by atoms with van der Waals surface area (Å²) < 4.78 is 41.5. The average Bonchev–Trinajstić information content (AvgIpc) is 3.04. The summed E-state index contributed by atoms with van der Waals surface area (Å²) in [5.74, 6) is 2.14. The minimum atomic E-state index is -4.64. The van der Waals surface area contributed by atoms with Gasteiger partial charge in [-0.2, -0.15) is 0 Å². The van der Waals surface area contributed by atoms with Gasteiger partial charge < -0.3 is 15.0 Å². The second kappa shape index (κ2) is 7.95. The smallest absolute Gasteiger partial charge is 0.410 e. The first-order valence-electron chi connectivity index (χ1n) is 10.6. The van der Waals surface area contributed by atoms with E-state index in [1.807, 2.05) is 17.9 Å². The van der Waals surface area contributed by atoms with Crippen molar-refractivity contribution < 1.29 is 22.7 Å². The molecule has 1 saturated carbocycles. The van der Waals surface area contributed by atoms with Crippen LogP contribution in [-0.4, -0.2) is 67.9 Å². The second-order valence-electron chi connectivity index (χ2n) is 9.28. The zero-order valence-corrected chi connectivity index (χ0v) is 16.9. The average molecular weight is 413 g/mol. The normalized spacial score (nSPS) is 34.3. The molecule has 0 spiro atoms. The summed E-state index contributed by atoms with van der Waals surface area (Å²) in [6.45, 7) is 7.78. The molecule has 0 aromatic rings. The zero-order chi connectivity index (χ0) is 20.6. The maximum atomic E-state index is 12.5. The number of alkyl halides is 3. The lowest BCUT2D eigenvalue weighted by molar-refractivity contribution is -0.307. The Hall–Kier alpha value is -1.54. The molecule has 0 radical (unpaired) electrons. The van der Waals surface area contributed by atoms with E-state index in [0.29, 0.717) is 30.8 Å². The number of rotatable bonds is 7. The Morgan fingerprint density at radius 2 is 1.97 bits per heavy atom. The molecule has 0 bridgehead atoms. The van der Waals surface area contributed by atoms with Crippen molar-refractivity contribution in [2.45, 2.75) is 32.5 Å². The monoisotopic (exact) mass is 413 g/mol. The van der Waals surface area contributed by atoms with Gasteiger partial charge >= 0.3 is 6.36 Å². The van der Waals surface area contributed by atoms with Crippen LogP contribution < -0.4 is 5.32 Å². The lowest BCUT2D eigenvalue weighted by atomic mass is 9.82. The van der Waals surface area contributed by atoms with Gasteiger partial charge in [0.25, 0.3) is 0 Å². The fourth-order valence-electron chi connectivity index (χ4n) is 5.19. The van der Waals surface area contributed by atoms with E-state index in [-0.39, 0.29) is 23.5 Å². The van der Waals surface area contributed by atoms with E-state index in [9.17, 15) is 18.0 Å². The van der Waals surface area contributed by atoms with E-state index in [2.05, 4.69) is 15.0 Å². The molecule has 4 aliphatic rings. The van der Waals surface area contributed by atoms with Crippen LogP contribution in [0, 0.1) is 23.2 Å². The van der Waals surface area contributed by atoms with Crippen molar-refractivity contribution in [2.75, 3.05) is 45.8 Å². The van der Waals surface area contributed by atoms with E-state index in [4.69, 9.17) is 0 Å². The molecule has 2 aliphatic heterocycles. The summed E-state index contributed by atoms with van der Waals surface area (Å²) in [6, 6.07) is 0. The van der Waals surface area contributed by atoms with Crippen molar-refractivity contribution >= 4 is 5.91 Å². The number of hydrogen-bond donors (Lipinski definition) is 1. The predicted molar refractivity (Wildman–Crippen MR) is 103 cm³/mol. The molecule has 162 valence electrons. The first kappa shape index (κ1) is 20.7. The molecular weight excluding hydrogens is 383 g/mol. The second-order valence-corrected chi connectivity index (χ2v) is 9.28. The fraction of sp³-hybridized carbons (Fsp3) is 0.762. The van der Waals surface area contributed by atoms with Gasteiger partial charge in [-0.05, 0) is 43.2 Å². The molecule has 1 N–H and O–H groups in total. The first-order valence-corrected chi connectivity index (χ1v) is 10.6. The Bertz CT molecular complexity index is 675. The number of fused-ring (bicyclic) bond motifs is 1. The van der Waals surface area contributed by atoms with Gasteiger partial charge in [-0.1, -0.05) is 19.1 Å². The molecule has 29 heavy (non-hydrogen) atoms. The van der Waals surface area contributed by atoms with Gasteiger partial charge in [-0.15, -0.1) is 13.2 Å². The highest BCUT2D eigenvalue weighted by Crippen LogP contribution is 2.51. The molecule has 3 atom stereocenters. The lowest BCUT2D eigenvalue weighted by Crippen LogP contribution is -2.40. The number of nitrogens with zero attached hydrogens (tertiary/aromatic N) is 2. The topological polar surface area (TPSA) is 44.8 Å². The van der Waals surface area contributed by atoms with Crippen molar-refractivity contribution in [1.29, 1.82) is 0 Å². The zero-order valence-electron chi connectivity index (χ0n) is 16.9. The SMILES string of the molecule is CC1(CNCC2C3CN(CC(=O)N4CCCC4)CC23)C=CC=C(OC(F)(F)F)C1. The Balaban J connectivity index is 1.15. The summed E-state index contributed by atoms with van der Waals surface area (Å²) in [6.07, 6.45) is 2.82. The number of amides is 1. The van der Waals surface area contributed by atoms with Crippen molar-refractivity contribution in [1.82, 2.24) is 15.1 Å². The van der Waals surface area contributed by atoms with Gasteiger partial charge in [0.1, 0.15) is 5.76 Å². The van der Waals surface area contributed by atoms with Crippen LogP contribution in [-0.2, 0) is 9.53 Å². The Morgan fingerprint density at radius 3 is 2.62 bits per heavy atom. The molecular formula is C21H30F3N3O2. The molecule has 5 nitrogen and oxygen atoms in total. The van der Waals surface area contributed by atoms with Gasteiger partial charge in [0, 0.05) is 44.6 Å². The third kappa shape index (κ3) is 5.15. The highest BCUT2D eigenvalue weighted by molar-refractivity contribution is 5.78.